The summed E-state index contributed by atoms with van der Waals surface area (Å²) >= 11 is 7.50. The van der Waals surface area contributed by atoms with Crippen molar-refractivity contribution >= 4 is 44.3 Å². The highest BCUT2D eigenvalue weighted by molar-refractivity contribution is 7.98. The van der Waals surface area contributed by atoms with Crippen LogP contribution in [0.1, 0.15) is 6.42 Å². The van der Waals surface area contributed by atoms with Crippen LogP contribution in [0.3, 0.4) is 0 Å². The molecule has 0 spiro atoms. The molecule has 7 heteroatoms. The minimum absolute atomic E-state index is 0.248. The molecular weight excluding hydrogens is 316 g/mol. The molecule has 0 amide bonds. The average molecular weight is 331 g/mol. The van der Waals surface area contributed by atoms with Gasteiger partial charge in [0, 0.05) is 11.9 Å². The Morgan fingerprint density at radius 3 is 2.85 bits per heavy atom. The first-order valence-corrected chi connectivity index (χ1v) is 9.33. The Hall–Kier alpha value is -0.820. The molecule has 0 aliphatic rings. The molecule has 0 aliphatic carbocycles. The number of nitrogens with one attached hydrogen (secondary N) is 1. The van der Waals surface area contributed by atoms with Crippen molar-refractivity contribution in [2.75, 3.05) is 18.6 Å². The zero-order valence-electron chi connectivity index (χ0n) is 11.0. The molecule has 0 atom stereocenters. The summed E-state index contributed by atoms with van der Waals surface area (Å²) in [4.78, 5) is 4.38. The standard InChI is InChI=1S/C13H15ClN2O2S2/c1-19-8-2-7-15-20(17,18)11-4-5-12-10(9-11)3-6-13(14)16-12/h3-6,9,15H,2,7-8H2,1H3. The Kier molecular flexibility index (Phi) is 5.26. The van der Waals surface area contributed by atoms with Gasteiger partial charge in [-0.2, -0.15) is 11.8 Å². The molecule has 0 unspecified atom stereocenters. The number of fused-ring (bicyclic) bond motifs is 1. The Bertz CT molecular complexity index is 705. The quantitative estimate of drug-likeness (QED) is 0.653. The number of thioether (sulfide) groups is 1. The number of hydrogen-bond donors (Lipinski definition) is 1. The van der Waals surface area contributed by atoms with Gasteiger partial charge in [-0.3, -0.25) is 0 Å². The molecule has 108 valence electrons. The number of halogens is 1. The van der Waals surface area contributed by atoms with Gasteiger partial charge in [-0.1, -0.05) is 11.6 Å². The van der Waals surface area contributed by atoms with Crippen molar-refractivity contribution in [1.29, 1.82) is 0 Å². The number of nitrogens with zero attached hydrogens (tertiary/aromatic N) is 1. The molecule has 0 saturated heterocycles. The van der Waals surface area contributed by atoms with Crippen molar-refractivity contribution in [1.82, 2.24) is 9.71 Å². The van der Waals surface area contributed by atoms with E-state index in [1.807, 2.05) is 6.26 Å². The summed E-state index contributed by atoms with van der Waals surface area (Å²) in [6.45, 7) is 0.445. The van der Waals surface area contributed by atoms with Crippen LogP contribution in [-0.2, 0) is 10.0 Å². The first-order chi connectivity index (χ1) is 9.53. The lowest BCUT2D eigenvalue weighted by molar-refractivity contribution is 0.581. The maximum atomic E-state index is 12.1. The number of benzene rings is 1. The molecule has 0 bridgehead atoms. The highest BCUT2D eigenvalue weighted by Crippen LogP contribution is 2.19. The van der Waals surface area contributed by atoms with Crippen molar-refractivity contribution in [2.24, 2.45) is 0 Å². The van der Waals surface area contributed by atoms with Crippen LogP contribution in [0.25, 0.3) is 10.9 Å². The van der Waals surface area contributed by atoms with E-state index in [1.165, 1.54) is 0 Å². The van der Waals surface area contributed by atoms with Crippen molar-refractivity contribution in [3.8, 4) is 0 Å². The summed E-state index contributed by atoms with van der Waals surface area (Å²) in [5.41, 5.74) is 0.679. The Balaban J connectivity index is 2.21. The third-order valence-corrected chi connectivity index (χ3v) is 5.12. The summed E-state index contributed by atoms with van der Waals surface area (Å²) in [5, 5.41) is 1.14. The van der Waals surface area contributed by atoms with Crippen molar-refractivity contribution in [2.45, 2.75) is 11.3 Å². The fourth-order valence-electron chi connectivity index (χ4n) is 1.75. The SMILES string of the molecule is CSCCCNS(=O)(=O)c1ccc2nc(Cl)ccc2c1. The molecule has 20 heavy (non-hydrogen) atoms. The Morgan fingerprint density at radius 2 is 2.10 bits per heavy atom. The van der Waals surface area contributed by atoms with E-state index in [1.54, 1.807) is 42.1 Å². The fraction of sp³-hybridized carbons (Fsp3) is 0.308. The number of hydrogen-bond acceptors (Lipinski definition) is 4. The van der Waals surface area contributed by atoms with E-state index in [-0.39, 0.29) is 4.90 Å². The molecule has 0 aliphatic heterocycles. The Labute approximate surface area is 128 Å². The van der Waals surface area contributed by atoms with Crippen LogP contribution in [0.15, 0.2) is 35.2 Å². The highest BCUT2D eigenvalue weighted by atomic mass is 35.5. The van der Waals surface area contributed by atoms with E-state index in [0.29, 0.717) is 17.2 Å². The molecular formula is C13H15ClN2O2S2. The molecule has 1 aromatic heterocycles. The smallest absolute Gasteiger partial charge is 0.236 e. The number of pyridine rings is 1. The zero-order chi connectivity index (χ0) is 14.6. The summed E-state index contributed by atoms with van der Waals surface area (Å²) in [7, 11) is -3.46. The van der Waals surface area contributed by atoms with Gasteiger partial charge in [-0.05, 0) is 48.8 Å². The summed E-state index contributed by atoms with van der Waals surface area (Å²) < 4.78 is 26.9. The molecule has 1 N–H and O–H groups in total. The Morgan fingerprint density at radius 1 is 1.30 bits per heavy atom. The molecule has 4 nitrogen and oxygen atoms in total. The van der Waals surface area contributed by atoms with Crippen molar-refractivity contribution < 1.29 is 8.42 Å². The third-order valence-electron chi connectivity index (χ3n) is 2.75. The van der Waals surface area contributed by atoms with Crippen LogP contribution in [0.4, 0.5) is 0 Å². The van der Waals surface area contributed by atoms with Gasteiger partial charge in [-0.25, -0.2) is 18.1 Å². The minimum Gasteiger partial charge on any atom is -0.236 e. The van der Waals surface area contributed by atoms with E-state index in [9.17, 15) is 8.42 Å². The van der Waals surface area contributed by atoms with E-state index >= 15 is 0 Å². The van der Waals surface area contributed by atoms with Gasteiger partial charge in [0.05, 0.1) is 10.4 Å². The van der Waals surface area contributed by atoms with Gasteiger partial charge in [0.1, 0.15) is 5.15 Å². The predicted octanol–water partition coefficient (Wildman–Crippen LogP) is 2.92. The van der Waals surface area contributed by atoms with Gasteiger partial charge in [-0.15, -0.1) is 0 Å². The second-order valence-corrected chi connectivity index (χ2v) is 7.37. The lowest BCUT2D eigenvalue weighted by atomic mass is 10.2. The number of rotatable bonds is 6. The molecule has 0 fully saturated rings. The van der Waals surface area contributed by atoms with Crippen LogP contribution >= 0.6 is 23.4 Å². The molecule has 2 rings (SSSR count). The van der Waals surface area contributed by atoms with Gasteiger partial charge >= 0.3 is 0 Å². The fourth-order valence-corrected chi connectivity index (χ4v) is 3.45. The number of sulfonamides is 1. The van der Waals surface area contributed by atoms with Gasteiger partial charge in [0.25, 0.3) is 0 Å². The van der Waals surface area contributed by atoms with E-state index in [0.717, 1.165) is 17.6 Å². The van der Waals surface area contributed by atoms with Gasteiger partial charge in [0.2, 0.25) is 10.0 Å². The molecule has 1 aromatic carbocycles. The lowest BCUT2D eigenvalue weighted by Crippen LogP contribution is -2.25. The third kappa shape index (κ3) is 3.85. The zero-order valence-corrected chi connectivity index (χ0v) is 13.4. The van der Waals surface area contributed by atoms with Crippen LogP contribution < -0.4 is 4.72 Å². The molecule has 0 saturated carbocycles. The van der Waals surface area contributed by atoms with Gasteiger partial charge < -0.3 is 0 Å². The normalized spacial score (nSPS) is 11.9. The van der Waals surface area contributed by atoms with Crippen LogP contribution in [0, 0.1) is 0 Å². The average Bonchev–Trinajstić information content (AvgIpc) is 2.43. The van der Waals surface area contributed by atoms with Crippen molar-refractivity contribution in [3.05, 3.63) is 35.5 Å². The first kappa shape index (κ1) is 15.6. The summed E-state index contributed by atoms with van der Waals surface area (Å²) in [5.74, 6) is 0.933. The second kappa shape index (κ2) is 6.76. The minimum atomic E-state index is -3.46. The topological polar surface area (TPSA) is 59.1 Å². The predicted molar refractivity (Wildman–Crippen MR) is 84.9 cm³/mol. The number of aromatic nitrogens is 1. The first-order valence-electron chi connectivity index (χ1n) is 6.08. The van der Waals surface area contributed by atoms with Gasteiger partial charge in [0.15, 0.2) is 0 Å². The lowest BCUT2D eigenvalue weighted by Gasteiger charge is -2.07. The maximum Gasteiger partial charge on any atom is 0.240 e. The van der Waals surface area contributed by atoms with Crippen LogP contribution in [0.2, 0.25) is 5.15 Å². The van der Waals surface area contributed by atoms with Crippen molar-refractivity contribution in [3.63, 3.8) is 0 Å². The van der Waals surface area contributed by atoms with Crippen LogP contribution in [0.5, 0.6) is 0 Å². The largest absolute Gasteiger partial charge is 0.240 e. The molecule has 2 aromatic rings. The van der Waals surface area contributed by atoms with E-state index in [4.69, 9.17) is 11.6 Å². The van der Waals surface area contributed by atoms with E-state index in [2.05, 4.69) is 9.71 Å². The van der Waals surface area contributed by atoms with Crippen LogP contribution in [-0.4, -0.2) is 32.0 Å². The molecule has 0 radical (unpaired) electrons. The highest BCUT2D eigenvalue weighted by Gasteiger charge is 2.13. The summed E-state index contributed by atoms with van der Waals surface area (Å²) in [6, 6.07) is 8.22. The second-order valence-electron chi connectivity index (χ2n) is 4.23. The summed E-state index contributed by atoms with van der Waals surface area (Å²) in [6.07, 6.45) is 2.81. The monoisotopic (exact) mass is 330 g/mol. The van der Waals surface area contributed by atoms with E-state index < -0.39 is 10.0 Å². The maximum absolute atomic E-state index is 12.1. The molecule has 1 heterocycles.